The van der Waals surface area contributed by atoms with E-state index in [4.69, 9.17) is 10.7 Å². The highest BCUT2D eigenvalue weighted by molar-refractivity contribution is 5.78. The Hall–Kier alpha value is -2.00. The fourth-order valence-electron chi connectivity index (χ4n) is 0.889. The SMILES string of the molecule is [N-]=[N+]=NCc1ccc(C=NO)cc1. The van der Waals surface area contributed by atoms with Crippen molar-refractivity contribution >= 4 is 6.21 Å². The first-order chi connectivity index (χ1) is 6.36. The molecule has 1 N–H and O–H groups in total. The minimum Gasteiger partial charge on any atom is -0.411 e. The first-order valence-corrected chi connectivity index (χ1v) is 3.64. The van der Waals surface area contributed by atoms with Crippen LogP contribution in [0.2, 0.25) is 0 Å². The van der Waals surface area contributed by atoms with Crippen molar-refractivity contribution in [1.29, 1.82) is 0 Å². The molecule has 0 radical (unpaired) electrons. The van der Waals surface area contributed by atoms with E-state index < -0.39 is 0 Å². The third-order valence-electron chi connectivity index (χ3n) is 1.50. The highest BCUT2D eigenvalue weighted by atomic mass is 16.4. The van der Waals surface area contributed by atoms with Gasteiger partial charge in [0.25, 0.3) is 0 Å². The molecule has 0 aliphatic carbocycles. The molecule has 0 aliphatic rings. The van der Waals surface area contributed by atoms with Gasteiger partial charge in [-0.1, -0.05) is 34.5 Å². The van der Waals surface area contributed by atoms with Crippen molar-refractivity contribution in [2.75, 3.05) is 0 Å². The summed E-state index contributed by atoms with van der Waals surface area (Å²) in [4.78, 5) is 2.65. The Balaban J connectivity index is 2.74. The van der Waals surface area contributed by atoms with Crippen LogP contribution in [0.3, 0.4) is 0 Å². The standard InChI is InChI=1S/C8H8N4O/c9-12-10-5-7-1-3-8(4-2-7)6-11-13/h1-4,6,13H,5H2. The summed E-state index contributed by atoms with van der Waals surface area (Å²) in [7, 11) is 0. The maximum Gasteiger partial charge on any atom is 0.0733 e. The number of hydrogen-bond donors (Lipinski definition) is 1. The molecule has 0 bridgehead atoms. The number of oxime groups is 1. The Morgan fingerprint density at radius 2 is 2.08 bits per heavy atom. The van der Waals surface area contributed by atoms with E-state index in [1.807, 2.05) is 12.1 Å². The Morgan fingerprint density at radius 1 is 1.38 bits per heavy atom. The highest BCUT2D eigenvalue weighted by Gasteiger charge is 1.90. The fraction of sp³-hybridized carbons (Fsp3) is 0.125. The summed E-state index contributed by atoms with van der Waals surface area (Å²) in [6.07, 6.45) is 1.33. The van der Waals surface area contributed by atoms with E-state index in [1.54, 1.807) is 12.1 Å². The van der Waals surface area contributed by atoms with Gasteiger partial charge in [-0.3, -0.25) is 0 Å². The lowest BCUT2D eigenvalue weighted by Gasteiger charge is -1.95. The molecule has 66 valence electrons. The van der Waals surface area contributed by atoms with E-state index in [-0.39, 0.29) is 0 Å². The lowest BCUT2D eigenvalue weighted by Crippen LogP contribution is -1.83. The summed E-state index contributed by atoms with van der Waals surface area (Å²) in [5, 5.41) is 14.5. The van der Waals surface area contributed by atoms with Gasteiger partial charge >= 0.3 is 0 Å². The molecule has 0 amide bonds. The molecular weight excluding hydrogens is 168 g/mol. The van der Waals surface area contributed by atoms with Crippen LogP contribution in [0, 0.1) is 0 Å². The molecule has 0 heterocycles. The van der Waals surface area contributed by atoms with E-state index in [1.165, 1.54) is 6.21 Å². The summed E-state index contributed by atoms with van der Waals surface area (Å²) in [5.41, 5.74) is 9.79. The minimum absolute atomic E-state index is 0.340. The molecule has 1 aromatic rings. The molecule has 0 spiro atoms. The zero-order valence-corrected chi connectivity index (χ0v) is 6.83. The molecule has 0 aliphatic heterocycles. The van der Waals surface area contributed by atoms with Crippen LogP contribution in [0.5, 0.6) is 0 Å². The van der Waals surface area contributed by atoms with Crippen LogP contribution < -0.4 is 0 Å². The van der Waals surface area contributed by atoms with Gasteiger partial charge in [-0.2, -0.15) is 0 Å². The minimum atomic E-state index is 0.340. The second-order valence-electron chi connectivity index (χ2n) is 2.38. The van der Waals surface area contributed by atoms with Gasteiger partial charge in [-0.15, -0.1) is 0 Å². The number of benzene rings is 1. The topological polar surface area (TPSA) is 81.4 Å². The average molecular weight is 176 g/mol. The molecule has 5 nitrogen and oxygen atoms in total. The van der Waals surface area contributed by atoms with Gasteiger partial charge in [0, 0.05) is 4.91 Å². The van der Waals surface area contributed by atoms with Crippen LogP contribution >= 0.6 is 0 Å². The van der Waals surface area contributed by atoms with Gasteiger partial charge in [-0.25, -0.2) is 0 Å². The fourth-order valence-corrected chi connectivity index (χ4v) is 0.889. The molecule has 0 aromatic heterocycles. The third-order valence-corrected chi connectivity index (χ3v) is 1.50. The molecule has 13 heavy (non-hydrogen) atoms. The smallest absolute Gasteiger partial charge is 0.0733 e. The number of nitrogens with zero attached hydrogens (tertiary/aromatic N) is 4. The van der Waals surface area contributed by atoms with Crippen LogP contribution in [-0.2, 0) is 6.54 Å². The summed E-state index contributed by atoms with van der Waals surface area (Å²) < 4.78 is 0. The maximum atomic E-state index is 8.23. The second-order valence-corrected chi connectivity index (χ2v) is 2.38. The van der Waals surface area contributed by atoms with E-state index in [9.17, 15) is 0 Å². The zero-order chi connectivity index (χ0) is 9.52. The Kier molecular flexibility index (Phi) is 3.35. The van der Waals surface area contributed by atoms with E-state index in [2.05, 4.69) is 15.2 Å². The molecule has 0 saturated heterocycles. The molecule has 0 atom stereocenters. The van der Waals surface area contributed by atoms with Crippen LogP contribution in [0.25, 0.3) is 10.4 Å². The van der Waals surface area contributed by atoms with Gasteiger partial charge in [-0.05, 0) is 16.7 Å². The molecule has 1 aromatic carbocycles. The number of rotatable bonds is 3. The summed E-state index contributed by atoms with van der Waals surface area (Å²) >= 11 is 0. The predicted octanol–water partition coefficient (Wildman–Crippen LogP) is 2.31. The first kappa shape index (κ1) is 9.09. The summed E-state index contributed by atoms with van der Waals surface area (Å²) in [6, 6.07) is 7.18. The van der Waals surface area contributed by atoms with E-state index >= 15 is 0 Å². The Labute approximate surface area is 74.9 Å². The van der Waals surface area contributed by atoms with E-state index in [0.717, 1.165) is 11.1 Å². The molecule has 0 unspecified atom stereocenters. The first-order valence-electron chi connectivity index (χ1n) is 3.64. The summed E-state index contributed by atoms with van der Waals surface area (Å²) in [6.45, 7) is 0.340. The van der Waals surface area contributed by atoms with Gasteiger partial charge in [0.15, 0.2) is 0 Å². The van der Waals surface area contributed by atoms with Crippen LogP contribution in [0.1, 0.15) is 11.1 Å². The third kappa shape index (κ3) is 2.84. The van der Waals surface area contributed by atoms with Gasteiger partial charge < -0.3 is 5.21 Å². The van der Waals surface area contributed by atoms with Crippen molar-refractivity contribution < 1.29 is 5.21 Å². The molecule has 0 saturated carbocycles. The molecule has 0 fully saturated rings. The maximum absolute atomic E-state index is 8.23. The molecular formula is C8H8N4O. The largest absolute Gasteiger partial charge is 0.411 e. The van der Waals surface area contributed by atoms with Crippen molar-refractivity contribution in [3.8, 4) is 0 Å². The lowest BCUT2D eigenvalue weighted by molar-refractivity contribution is 0.322. The second kappa shape index (κ2) is 4.79. The van der Waals surface area contributed by atoms with Crippen LogP contribution in [0.15, 0.2) is 34.5 Å². The van der Waals surface area contributed by atoms with Crippen molar-refractivity contribution in [3.63, 3.8) is 0 Å². The number of azide groups is 1. The Morgan fingerprint density at radius 3 is 2.62 bits per heavy atom. The number of hydrogen-bond acceptors (Lipinski definition) is 3. The van der Waals surface area contributed by atoms with Gasteiger partial charge in [0.05, 0.1) is 12.8 Å². The van der Waals surface area contributed by atoms with Crippen molar-refractivity contribution in [3.05, 3.63) is 45.8 Å². The zero-order valence-electron chi connectivity index (χ0n) is 6.83. The summed E-state index contributed by atoms with van der Waals surface area (Å²) in [5.74, 6) is 0. The highest BCUT2D eigenvalue weighted by Crippen LogP contribution is 2.03. The van der Waals surface area contributed by atoms with Crippen LogP contribution in [-0.4, -0.2) is 11.4 Å². The van der Waals surface area contributed by atoms with Crippen LogP contribution in [0.4, 0.5) is 0 Å². The van der Waals surface area contributed by atoms with Gasteiger partial charge in [0.2, 0.25) is 0 Å². The normalized spacial score (nSPS) is 9.85. The van der Waals surface area contributed by atoms with E-state index in [0.29, 0.717) is 6.54 Å². The lowest BCUT2D eigenvalue weighted by atomic mass is 10.1. The monoisotopic (exact) mass is 176 g/mol. The Bertz CT molecular complexity index is 338. The van der Waals surface area contributed by atoms with Crippen molar-refractivity contribution in [2.45, 2.75) is 6.54 Å². The van der Waals surface area contributed by atoms with Crippen molar-refractivity contribution in [1.82, 2.24) is 0 Å². The average Bonchev–Trinajstić information content (AvgIpc) is 2.17. The van der Waals surface area contributed by atoms with Gasteiger partial charge in [0.1, 0.15) is 0 Å². The quantitative estimate of drug-likeness (QED) is 0.188. The molecule has 1 rings (SSSR count). The predicted molar refractivity (Wildman–Crippen MR) is 48.7 cm³/mol. The molecule has 5 heteroatoms. The van der Waals surface area contributed by atoms with Crippen molar-refractivity contribution in [2.24, 2.45) is 10.3 Å².